The first-order valence-electron chi connectivity index (χ1n) is 10.9. The van der Waals surface area contributed by atoms with Crippen LogP contribution in [0.25, 0.3) is 0 Å². The number of benzene rings is 1. The molecule has 1 rings (SSSR count). The van der Waals surface area contributed by atoms with Crippen LogP contribution in [0.15, 0.2) is 43.0 Å². The fraction of sp³-hybridized carbons (Fsp3) is 0.583. The van der Waals surface area contributed by atoms with E-state index < -0.39 is 12.1 Å². The number of carbonyl (C=O) groups excluding carboxylic acids is 2. The van der Waals surface area contributed by atoms with Gasteiger partial charge in [0, 0.05) is 32.8 Å². The third-order valence-corrected chi connectivity index (χ3v) is 4.35. The molecule has 0 aromatic heterocycles. The van der Waals surface area contributed by atoms with Crippen LogP contribution in [-0.2, 0) is 28.5 Å². The molecule has 1 aromatic rings. The summed E-state index contributed by atoms with van der Waals surface area (Å²) in [6.07, 6.45) is 6.06. The van der Waals surface area contributed by atoms with Gasteiger partial charge in [-0.05, 0) is 37.8 Å². The minimum Gasteiger partial charge on any atom is -0.490 e. The molecule has 0 aliphatic rings. The monoisotopic (exact) mass is 436 g/mol. The van der Waals surface area contributed by atoms with Gasteiger partial charge in [-0.15, -0.1) is 0 Å². The highest BCUT2D eigenvalue weighted by Gasteiger charge is 2.16. The highest BCUT2D eigenvalue weighted by Crippen LogP contribution is 2.11. The number of methoxy groups -OCH3 is 1. The maximum Gasteiger partial charge on any atom is 0.330 e. The second-order valence-corrected chi connectivity index (χ2v) is 7.05. The SMILES string of the molecule is C=CC(=O)OCCCCCCC(=O)OC(COCCCCOC)COc1ccccc1. The molecular formula is C24H36O7. The molecule has 0 fully saturated rings. The van der Waals surface area contributed by atoms with Crippen molar-refractivity contribution in [3.63, 3.8) is 0 Å². The molecule has 0 aliphatic carbocycles. The van der Waals surface area contributed by atoms with Gasteiger partial charge in [-0.25, -0.2) is 4.79 Å². The average molecular weight is 437 g/mol. The van der Waals surface area contributed by atoms with E-state index in [2.05, 4.69) is 6.58 Å². The second kappa shape index (κ2) is 18.4. The lowest BCUT2D eigenvalue weighted by Gasteiger charge is -2.19. The molecule has 1 atom stereocenters. The Morgan fingerprint density at radius 2 is 1.65 bits per heavy atom. The maximum absolute atomic E-state index is 12.2. The Morgan fingerprint density at radius 1 is 0.935 bits per heavy atom. The molecule has 0 saturated heterocycles. The molecule has 0 saturated carbocycles. The number of rotatable bonds is 19. The van der Waals surface area contributed by atoms with Gasteiger partial charge in [0.1, 0.15) is 12.4 Å². The summed E-state index contributed by atoms with van der Waals surface area (Å²) in [4.78, 5) is 23.2. The third kappa shape index (κ3) is 15.1. The molecule has 0 bridgehead atoms. The fourth-order valence-corrected chi connectivity index (χ4v) is 2.69. The summed E-state index contributed by atoms with van der Waals surface area (Å²) in [7, 11) is 1.68. The lowest BCUT2D eigenvalue weighted by atomic mass is 10.1. The lowest BCUT2D eigenvalue weighted by Crippen LogP contribution is -2.30. The predicted molar refractivity (Wildman–Crippen MR) is 118 cm³/mol. The number of esters is 2. The van der Waals surface area contributed by atoms with Crippen LogP contribution in [0, 0.1) is 0 Å². The van der Waals surface area contributed by atoms with Gasteiger partial charge in [0.25, 0.3) is 0 Å². The van der Waals surface area contributed by atoms with Crippen molar-refractivity contribution in [1.82, 2.24) is 0 Å². The van der Waals surface area contributed by atoms with Gasteiger partial charge in [-0.1, -0.05) is 37.6 Å². The van der Waals surface area contributed by atoms with Crippen molar-refractivity contribution in [1.29, 1.82) is 0 Å². The van der Waals surface area contributed by atoms with Gasteiger partial charge >= 0.3 is 11.9 Å². The molecule has 0 heterocycles. The minimum absolute atomic E-state index is 0.239. The number of hydrogen-bond acceptors (Lipinski definition) is 7. The van der Waals surface area contributed by atoms with Gasteiger partial charge in [-0.2, -0.15) is 0 Å². The number of hydrogen-bond donors (Lipinski definition) is 0. The number of carbonyl (C=O) groups is 2. The summed E-state index contributed by atoms with van der Waals surface area (Å²) in [5, 5.41) is 0. The molecule has 0 spiro atoms. The van der Waals surface area contributed by atoms with E-state index in [9.17, 15) is 9.59 Å². The zero-order chi connectivity index (χ0) is 22.6. The van der Waals surface area contributed by atoms with E-state index in [1.54, 1.807) is 7.11 Å². The topological polar surface area (TPSA) is 80.3 Å². The quantitative estimate of drug-likeness (QED) is 0.183. The normalized spacial score (nSPS) is 11.5. The van der Waals surface area contributed by atoms with E-state index in [0.29, 0.717) is 32.8 Å². The molecule has 0 aliphatic heterocycles. The Morgan fingerprint density at radius 3 is 2.39 bits per heavy atom. The molecular weight excluding hydrogens is 400 g/mol. The van der Waals surface area contributed by atoms with Crippen molar-refractivity contribution in [2.24, 2.45) is 0 Å². The Hall–Kier alpha value is -2.38. The number of unbranched alkanes of at least 4 members (excludes halogenated alkanes) is 4. The van der Waals surface area contributed by atoms with Crippen molar-refractivity contribution in [3.05, 3.63) is 43.0 Å². The van der Waals surface area contributed by atoms with E-state index in [0.717, 1.165) is 50.4 Å². The van der Waals surface area contributed by atoms with Gasteiger partial charge < -0.3 is 23.7 Å². The first kappa shape index (κ1) is 26.7. The van der Waals surface area contributed by atoms with Crippen LogP contribution in [0.4, 0.5) is 0 Å². The molecule has 1 unspecified atom stereocenters. The highest BCUT2D eigenvalue weighted by molar-refractivity contribution is 5.81. The third-order valence-electron chi connectivity index (χ3n) is 4.35. The zero-order valence-corrected chi connectivity index (χ0v) is 18.6. The van der Waals surface area contributed by atoms with Crippen LogP contribution in [0.1, 0.15) is 44.9 Å². The predicted octanol–water partition coefficient (Wildman–Crippen LogP) is 4.10. The minimum atomic E-state index is -0.464. The zero-order valence-electron chi connectivity index (χ0n) is 18.6. The smallest absolute Gasteiger partial charge is 0.330 e. The largest absolute Gasteiger partial charge is 0.490 e. The Balaban J connectivity index is 2.27. The first-order chi connectivity index (χ1) is 15.2. The Labute approximate surface area is 185 Å². The van der Waals surface area contributed by atoms with Crippen molar-refractivity contribution in [2.75, 3.05) is 40.1 Å². The summed E-state index contributed by atoms with van der Waals surface area (Å²) in [5.41, 5.74) is 0. The van der Waals surface area contributed by atoms with Crippen LogP contribution in [-0.4, -0.2) is 58.2 Å². The van der Waals surface area contributed by atoms with E-state index in [-0.39, 0.29) is 12.6 Å². The van der Waals surface area contributed by atoms with Crippen molar-refractivity contribution in [2.45, 2.75) is 51.0 Å². The lowest BCUT2D eigenvalue weighted by molar-refractivity contribution is -0.154. The summed E-state index contributed by atoms with van der Waals surface area (Å²) in [5.74, 6) is 0.0526. The second-order valence-electron chi connectivity index (χ2n) is 7.05. The summed E-state index contributed by atoms with van der Waals surface area (Å²) in [6.45, 7) is 5.54. The van der Waals surface area contributed by atoms with Crippen LogP contribution < -0.4 is 4.74 Å². The number of ether oxygens (including phenoxy) is 5. The van der Waals surface area contributed by atoms with Crippen LogP contribution in [0.2, 0.25) is 0 Å². The fourth-order valence-electron chi connectivity index (χ4n) is 2.69. The van der Waals surface area contributed by atoms with Crippen LogP contribution in [0.5, 0.6) is 5.75 Å². The van der Waals surface area contributed by atoms with E-state index in [1.807, 2.05) is 30.3 Å². The Bertz CT molecular complexity index is 603. The molecule has 0 radical (unpaired) electrons. The van der Waals surface area contributed by atoms with Gasteiger partial charge in [-0.3, -0.25) is 4.79 Å². The Kier molecular flexibility index (Phi) is 15.8. The molecule has 7 nitrogen and oxygen atoms in total. The van der Waals surface area contributed by atoms with Crippen LogP contribution in [0.3, 0.4) is 0 Å². The summed E-state index contributed by atoms with van der Waals surface area (Å²) < 4.78 is 26.9. The summed E-state index contributed by atoms with van der Waals surface area (Å²) >= 11 is 0. The summed E-state index contributed by atoms with van der Waals surface area (Å²) in [6, 6.07) is 9.41. The molecule has 31 heavy (non-hydrogen) atoms. The van der Waals surface area contributed by atoms with Crippen molar-refractivity contribution < 1.29 is 33.3 Å². The van der Waals surface area contributed by atoms with Gasteiger partial charge in [0.05, 0.1) is 13.2 Å². The molecule has 7 heteroatoms. The molecule has 0 amide bonds. The average Bonchev–Trinajstić information content (AvgIpc) is 2.79. The molecule has 0 N–H and O–H groups in total. The van der Waals surface area contributed by atoms with E-state index in [1.165, 1.54) is 0 Å². The van der Waals surface area contributed by atoms with E-state index in [4.69, 9.17) is 23.7 Å². The molecule has 1 aromatic carbocycles. The van der Waals surface area contributed by atoms with Crippen LogP contribution >= 0.6 is 0 Å². The first-order valence-corrected chi connectivity index (χ1v) is 10.9. The standard InChI is InChI=1S/C24H36O7/c1-3-23(25)29-18-10-5-4-9-15-24(26)31-22(19-28-17-12-11-16-27-2)20-30-21-13-7-6-8-14-21/h3,6-8,13-14,22H,1,4-5,9-12,15-20H2,2H3. The van der Waals surface area contributed by atoms with Gasteiger partial charge in [0.2, 0.25) is 0 Å². The maximum atomic E-state index is 12.2. The van der Waals surface area contributed by atoms with E-state index >= 15 is 0 Å². The number of para-hydroxylation sites is 1. The van der Waals surface area contributed by atoms with Crippen molar-refractivity contribution in [3.8, 4) is 5.75 Å². The van der Waals surface area contributed by atoms with Gasteiger partial charge in [0.15, 0.2) is 6.10 Å². The highest BCUT2D eigenvalue weighted by atomic mass is 16.6. The van der Waals surface area contributed by atoms with Crippen molar-refractivity contribution >= 4 is 11.9 Å². The molecule has 174 valence electrons.